The maximum absolute atomic E-state index is 12.7. The Hall–Kier alpha value is -2.94. The van der Waals surface area contributed by atoms with Crippen LogP contribution < -0.4 is 10.2 Å². The molecule has 0 spiro atoms. The Morgan fingerprint density at radius 2 is 1.89 bits per heavy atom. The smallest absolute Gasteiger partial charge is 0.251 e. The molecule has 1 saturated heterocycles. The molecule has 1 aliphatic rings. The molecule has 4 aromatic rings. The number of carbonyl (C=O) groups excluding carboxylic acids is 1. The van der Waals surface area contributed by atoms with E-state index in [1.165, 1.54) is 5.69 Å². The summed E-state index contributed by atoms with van der Waals surface area (Å²) in [6, 6.07) is 14.5. The minimum Gasteiger partial charge on any atom is -0.378 e. The van der Waals surface area contributed by atoms with Crippen molar-refractivity contribution in [1.29, 1.82) is 0 Å². The minimum absolute atomic E-state index is 0.0152. The monoisotopic (exact) mass is 491 g/mol. The Kier molecular flexibility index (Phi) is 7.32. The molecule has 0 aliphatic carbocycles. The van der Waals surface area contributed by atoms with Crippen molar-refractivity contribution in [2.45, 2.75) is 20.3 Å². The van der Waals surface area contributed by atoms with Crippen LogP contribution in [0.4, 0.5) is 5.69 Å². The lowest BCUT2D eigenvalue weighted by Gasteiger charge is -2.28. The van der Waals surface area contributed by atoms with Crippen LogP contribution in [0.3, 0.4) is 0 Å². The first-order valence-corrected chi connectivity index (χ1v) is 13.3. The van der Waals surface area contributed by atoms with Gasteiger partial charge in [0.25, 0.3) is 5.91 Å². The first-order valence-electron chi connectivity index (χ1n) is 12.5. The molecule has 0 radical (unpaired) electrons. The van der Waals surface area contributed by atoms with E-state index in [0.29, 0.717) is 12.1 Å². The number of aromatic nitrogens is 2. The summed E-state index contributed by atoms with van der Waals surface area (Å²) in [5.74, 6) is -0.0152. The van der Waals surface area contributed by atoms with Crippen LogP contribution in [0.15, 0.2) is 48.7 Å². The first kappa shape index (κ1) is 23.8. The third-order valence-electron chi connectivity index (χ3n) is 6.73. The van der Waals surface area contributed by atoms with E-state index in [4.69, 9.17) is 9.72 Å². The van der Waals surface area contributed by atoms with Crippen molar-refractivity contribution in [2.24, 2.45) is 0 Å². The highest BCUT2D eigenvalue weighted by Gasteiger charge is 2.15. The van der Waals surface area contributed by atoms with Crippen molar-refractivity contribution in [2.75, 3.05) is 57.4 Å². The van der Waals surface area contributed by atoms with E-state index in [1.54, 1.807) is 11.3 Å². The molecule has 7 nitrogen and oxygen atoms in total. The van der Waals surface area contributed by atoms with Crippen LogP contribution in [0.5, 0.6) is 0 Å². The van der Waals surface area contributed by atoms with E-state index in [0.717, 1.165) is 78.8 Å². The zero-order valence-corrected chi connectivity index (χ0v) is 21.3. The van der Waals surface area contributed by atoms with Crippen molar-refractivity contribution >= 4 is 38.1 Å². The van der Waals surface area contributed by atoms with E-state index in [2.05, 4.69) is 63.8 Å². The lowest BCUT2D eigenvalue weighted by Crippen LogP contribution is -2.36. The van der Waals surface area contributed by atoms with E-state index < -0.39 is 0 Å². The number of anilines is 1. The largest absolute Gasteiger partial charge is 0.378 e. The number of hydrogen-bond donors (Lipinski definition) is 1. The van der Waals surface area contributed by atoms with Crippen LogP contribution in [0.1, 0.15) is 30.6 Å². The molecular weight excluding hydrogens is 458 g/mol. The van der Waals surface area contributed by atoms with Crippen LogP contribution in [0.25, 0.3) is 26.4 Å². The third-order valence-corrected chi connectivity index (χ3v) is 7.74. The van der Waals surface area contributed by atoms with Crippen LogP contribution in [0, 0.1) is 0 Å². The molecule has 3 heterocycles. The van der Waals surface area contributed by atoms with Crippen molar-refractivity contribution in [1.82, 2.24) is 19.6 Å². The number of morpholine rings is 1. The summed E-state index contributed by atoms with van der Waals surface area (Å²) >= 11 is 1.62. The number of ether oxygens (including phenoxy) is 1. The summed E-state index contributed by atoms with van der Waals surface area (Å²) in [7, 11) is 0. The molecule has 0 bridgehead atoms. The summed E-state index contributed by atoms with van der Waals surface area (Å²) < 4.78 is 8.64. The number of fused-ring (bicyclic) bond motifs is 3. The number of rotatable bonds is 9. The highest BCUT2D eigenvalue weighted by Crippen LogP contribution is 2.31. The maximum Gasteiger partial charge on any atom is 0.251 e. The van der Waals surface area contributed by atoms with E-state index in [9.17, 15) is 4.79 Å². The predicted molar refractivity (Wildman–Crippen MR) is 144 cm³/mol. The van der Waals surface area contributed by atoms with Gasteiger partial charge < -0.3 is 19.9 Å². The molecule has 8 heteroatoms. The van der Waals surface area contributed by atoms with Crippen LogP contribution >= 0.6 is 11.3 Å². The summed E-state index contributed by atoms with van der Waals surface area (Å²) in [6.45, 7) is 11.6. The van der Waals surface area contributed by atoms with Gasteiger partial charge in [-0.15, -0.1) is 0 Å². The quantitative estimate of drug-likeness (QED) is 0.349. The third kappa shape index (κ3) is 5.19. The Balaban J connectivity index is 1.27. The number of amides is 1. The Bertz CT molecular complexity index is 1290. The number of carbonyl (C=O) groups is 1. The van der Waals surface area contributed by atoms with Crippen molar-refractivity contribution in [3.8, 4) is 11.3 Å². The second-order valence-electron chi connectivity index (χ2n) is 8.85. The summed E-state index contributed by atoms with van der Waals surface area (Å²) in [5, 5.41) is 3.06. The van der Waals surface area contributed by atoms with Crippen molar-refractivity contribution in [3.63, 3.8) is 0 Å². The molecule has 0 saturated carbocycles. The summed E-state index contributed by atoms with van der Waals surface area (Å²) in [6.07, 6.45) is 3.05. The van der Waals surface area contributed by atoms with Crippen LogP contribution in [-0.4, -0.2) is 72.7 Å². The van der Waals surface area contributed by atoms with Gasteiger partial charge in [0, 0.05) is 42.6 Å². The highest BCUT2D eigenvalue weighted by atomic mass is 32.1. The van der Waals surface area contributed by atoms with Crippen LogP contribution in [0.2, 0.25) is 0 Å². The Labute approximate surface area is 210 Å². The number of hydrogen-bond acceptors (Lipinski definition) is 6. The van der Waals surface area contributed by atoms with Gasteiger partial charge in [0.1, 0.15) is 0 Å². The lowest BCUT2D eigenvalue weighted by atomic mass is 10.1. The molecule has 1 aliphatic heterocycles. The molecule has 1 N–H and O–H groups in total. The fourth-order valence-corrected chi connectivity index (χ4v) is 5.64. The van der Waals surface area contributed by atoms with Gasteiger partial charge in [-0.3, -0.25) is 9.20 Å². The summed E-state index contributed by atoms with van der Waals surface area (Å²) in [4.78, 5) is 23.2. The molecule has 0 unspecified atom stereocenters. The van der Waals surface area contributed by atoms with E-state index >= 15 is 0 Å². The predicted octanol–water partition coefficient (Wildman–Crippen LogP) is 4.51. The molecular formula is C27H33N5O2S. The van der Waals surface area contributed by atoms with E-state index in [-0.39, 0.29) is 5.91 Å². The SMILES string of the molecule is CCN(CC)CCCNC(=O)c1ccc2c(c1)sc1nc(-c3ccc(N4CCOCC4)cc3)cn12. The minimum atomic E-state index is -0.0152. The van der Waals surface area contributed by atoms with Gasteiger partial charge in [-0.2, -0.15) is 0 Å². The zero-order chi connectivity index (χ0) is 24.2. The molecule has 2 aromatic carbocycles. The second kappa shape index (κ2) is 10.8. The van der Waals surface area contributed by atoms with Gasteiger partial charge in [0.05, 0.1) is 29.1 Å². The Morgan fingerprint density at radius 1 is 1.11 bits per heavy atom. The van der Waals surface area contributed by atoms with Crippen molar-refractivity contribution < 1.29 is 9.53 Å². The highest BCUT2D eigenvalue weighted by molar-refractivity contribution is 7.23. The van der Waals surface area contributed by atoms with Gasteiger partial charge in [0.15, 0.2) is 4.96 Å². The Morgan fingerprint density at radius 3 is 2.63 bits per heavy atom. The second-order valence-corrected chi connectivity index (χ2v) is 9.86. The first-order chi connectivity index (χ1) is 17.2. The molecule has 1 fully saturated rings. The molecule has 1 amide bonds. The molecule has 2 aromatic heterocycles. The average Bonchev–Trinajstić information content (AvgIpc) is 3.47. The van der Waals surface area contributed by atoms with Gasteiger partial charge in [-0.25, -0.2) is 4.98 Å². The van der Waals surface area contributed by atoms with E-state index in [1.807, 2.05) is 18.2 Å². The van der Waals surface area contributed by atoms with Gasteiger partial charge >= 0.3 is 0 Å². The number of imidazole rings is 1. The number of nitrogens with zero attached hydrogens (tertiary/aromatic N) is 4. The standard InChI is InChI=1S/C27H33N5O2S/c1-3-30(4-2)13-5-12-28-26(33)21-8-11-24-25(18-21)35-27-29-23(19-32(24)27)20-6-9-22(10-7-20)31-14-16-34-17-15-31/h6-11,18-19H,3-5,12-17H2,1-2H3,(H,28,33). The zero-order valence-electron chi connectivity index (χ0n) is 20.5. The maximum atomic E-state index is 12.7. The number of nitrogens with one attached hydrogen (secondary N) is 1. The topological polar surface area (TPSA) is 62.1 Å². The van der Waals surface area contributed by atoms with Gasteiger partial charge in [-0.05, 0) is 56.4 Å². The molecule has 0 atom stereocenters. The fourth-order valence-electron chi connectivity index (χ4n) is 4.59. The molecule has 5 rings (SSSR count). The van der Waals surface area contributed by atoms with Gasteiger partial charge in [-0.1, -0.05) is 37.3 Å². The van der Waals surface area contributed by atoms with Gasteiger partial charge in [0.2, 0.25) is 0 Å². The average molecular weight is 492 g/mol. The lowest BCUT2D eigenvalue weighted by molar-refractivity contribution is 0.0952. The number of benzene rings is 2. The normalized spacial score (nSPS) is 14.3. The van der Waals surface area contributed by atoms with Crippen molar-refractivity contribution in [3.05, 3.63) is 54.2 Å². The molecule has 35 heavy (non-hydrogen) atoms. The fraction of sp³-hybridized carbons (Fsp3) is 0.407. The molecule has 184 valence electrons. The number of thiazole rings is 1. The summed E-state index contributed by atoms with van der Waals surface area (Å²) in [5.41, 5.74) is 5.06. The van der Waals surface area contributed by atoms with Crippen LogP contribution in [-0.2, 0) is 4.74 Å².